The third kappa shape index (κ3) is 3.21. The molecular weight excluding hydrogens is 449 g/mol. The van der Waals surface area contributed by atoms with Gasteiger partial charge in [-0.05, 0) is 77.3 Å². The smallest absolute Gasteiger partial charge is 0.0783 e. The summed E-state index contributed by atoms with van der Waals surface area (Å²) < 4.78 is 8.48. The molecule has 2 aliphatic heterocycles. The number of rotatable bonds is 2. The molecule has 0 aliphatic carbocycles. The lowest BCUT2D eigenvalue weighted by molar-refractivity contribution is -0.0834. The zero-order chi connectivity index (χ0) is 14.2. The number of thioether (sulfide) groups is 1. The van der Waals surface area contributed by atoms with Crippen LogP contribution in [0.3, 0.4) is 0 Å². The van der Waals surface area contributed by atoms with E-state index in [1.807, 2.05) is 11.8 Å². The van der Waals surface area contributed by atoms with E-state index in [-0.39, 0.29) is 11.6 Å². The number of hydrogen-bond acceptors (Lipinski definition) is 3. The molecule has 2 nitrogen and oxygen atoms in total. The van der Waals surface area contributed by atoms with E-state index in [1.54, 1.807) is 0 Å². The summed E-state index contributed by atoms with van der Waals surface area (Å²) >= 11 is 8.03. The van der Waals surface area contributed by atoms with Gasteiger partial charge in [-0.3, -0.25) is 0 Å². The van der Waals surface area contributed by atoms with Crippen molar-refractivity contribution in [2.75, 3.05) is 18.1 Å². The molecule has 2 saturated heterocycles. The standard InChI is InChI=1S/C15H19BrINOS/c16-13-2-1-11(17)7-12(13)14(18)10-3-5-19-15(8-10)4-6-20-9-15/h1-2,7,10,14H,3-6,8-9,18H2. The molecule has 2 fully saturated rings. The summed E-state index contributed by atoms with van der Waals surface area (Å²) in [7, 11) is 0. The van der Waals surface area contributed by atoms with E-state index >= 15 is 0 Å². The average molecular weight is 468 g/mol. The third-order valence-corrected chi connectivity index (χ3v) is 7.04. The fourth-order valence-electron chi connectivity index (χ4n) is 3.26. The number of halogens is 2. The van der Waals surface area contributed by atoms with Crippen LogP contribution in [0.25, 0.3) is 0 Å². The van der Waals surface area contributed by atoms with Gasteiger partial charge < -0.3 is 10.5 Å². The Morgan fingerprint density at radius 3 is 3.10 bits per heavy atom. The van der Waals surface area contributed by atoms with Crippen LogP contribution in [0.15, 0.2) is 22.7 Å². The highest BCUT2D eigenvalue weighted by molar-refractivity contribution is 14.1. The lowest BCUT2D eigenvalue weighted by Gasteiger charge is -2.40. The summed E-state index contributed by atoms with van der Waals surface area (Å²) in [5, 5.41) is 0. The Bertz CT molecular complexity index is 493. The largest absolute Gasteiger partial charge is 0.374 e. The summed E-state index contributed by atoms with van der Waals surface area (Å²) in [6.07, 6.45) is 3.37. The van der Waals surface area contributed by atoms with Gasteiger partial charge in [-0.1, -0.05) is 15.9 Å². The van der Waals surface area contributed by atoms with Gasteiger partial charge in [0.05, 0.1) is 5.60 Å². The molecule has 5 heteroatoms. The Morgan fingerprint density at radius 2 is 2.35 bits per heavy atom. The molecule has 20 heavy (non-hydrogen) atoms. The van der Waals surface area contributed by atoms with Crippen LogP contribution in [0.1, 0.15) is 30.9 Å². The van der Waals surface area contributed by atoms with E-state index in [1.165, 1.54) is 21.3 Å². The van der Waals surface area contributed by atoms with Gasteiger partial charge >= 0.3 is 0 Å². The average Bonchev–Trinajstić information content (AvgIpc) is 2.88. The molecule has 2 heterocycles. The summed E-state index contributed by atoms with van der Waals surface area (Å²) in [6, 6.07) is 6.53. The highest BCUT2D eigenvalue weighted by Gasteiger charge is 2.42. The second-order valence-electron chi connectivity index (χ2n) is 5.78. The Hall–Kier alpha value is 0.700. The maximum Gasteiger partial charge on any atom is 0.0783 e. The first-order valence-electron chi connectivity index (χ1n) is 7.02. The Morgan fingerprint density at radius 1 is 1.50 bits per heavy atom. The third-order valence-electron chi connectivity index (χ3n) is 4.42. The van der Waals surface area contributed by atoms with Crippen molar-refractivity contribution in [2.45, 2.75) is 30.9 Å². The van der Waals surface area contributed by atoms with Crippen LogP contribution in [0.5, 0.6) is 0 Å². The molecule has 1 aromatic carbocycles. The highest BCUT2D eigenvalue weighted by atomic mass is 127. The summed E-state index contributed by atoms with van der Waals surface area (Å²) in [4.78, 5) is 0. The molecule has 0 aromatic heterocycles. The van der Waals surface area contributed by atoms with Gasteiger partial charge in [0.25, 0.3) is 0 Å². The lowest BCUT2D eigenvalue weighted by atomic mass is 9.79. The van der Waals surface area contributed by atoms with Crippen molar-refractivity contribution in [3.8, 4) is 0 Å². The molecule has 3 rings (SSSR count). The number of nitrogens with two attached hydrogens (primary N) is 1. The number of benzene rings is 1. The molecule has 2 N–H and O–H groups in total. The lowest BCUT2D eigenvalue weighted by Crippen LogP contribution is -2.42. The summed E-state index contributed by atoms with van der Waals surface area (Å²) in [6.45, 7) is 0.862. The van der Waals surface area contributed by atoms with Crippen LogP contribution in [0.4, 0.5) is 0 Å². The molecular formula is C15H19BrINOS. The maximum absolute atomic E-state index is 6.59. The molecule has 1 aromatic rings. The molecule has 3 unspecified atom stereocenters. The quantitative estimate of drug-likeness (QED) is 0.656. The molecule has 0 bridgehead atoms. The molecule has 110 valence electrons. The highest BCUT2D eigenvalue weighted by Crippen LogP contribution is 2.44. The first-order chi connectivity index (χ1) is 9.60. The van der Waals surface area contributed by atoms with E-state index in [0.29, 0.717) is 5.92 Å². The second kappa shape index (κ2) is 6.44. The Labute approximate surface area is 146 Å². The van der Waals surface area contributed by atoms with Crippen LogP contribution in [-0.4, -0.2) is 23.7 Å². The minimum Gasteiger partial charge on any atom is -0.374 e. The van der Waals surface area contributed by atoms with Crippen LogP contribution in [-0.2, 0) is 4.74 Å². The summed E-state index contributed by atoms with van der Waals surface area (Å²) in [5.41, 5.74) is 7.95. The van der Waals surface area contributed by atoms with Crippen molar-refractivity contribution >= 4 is 50.3 Å². The van der Waals surface area contributed by atoms with E-state index in [0.717, 1.165) is 29.7 Å². The van der Waals surface area contributed by atoms with E-state index < -0.39 is 0 Å². The normalized spacial score (nSPS) is 31.6. The van der Waals surface area contributed by atoms with Gasteiger partial charge in [0, 0.05) is 26.4 Å². The van der Waals surface area contributed by atoms with Crippen molar-refractivity contribution < 1.29 is 4.74 Å². The van der Waals surface area contributed by atoms with E-state index in [2.05, 4.69) is 56.7 Å². The fourth-order valence-corrected chi connectivity index (χ4v) is 5.66. The molecule has 2 aliphatic rings. The monoisotopic (exact) mass is 467 g/mol. The molecule has 0 saturated carbocycles. The number of hydrogen-bond donors (Lipinski definition) is 1. The van der Waals surface area contributed by atoms with Crippen molar-refractivity contribution in [1.29, 1.82) is 0 Å². The minimum absolute atomic E-state index is 0.102. The topological polar surface area (TPSA) is 35.2 Å². The molecule has 3 atom stereocenters. The van der Waals surface area contributed by atoms with Crippen molar-refractivity contribution in [1.82, 2.24) is 0 Å². The fraction of sp³-hybridized carbons (Fsp3) is 0.600. The van der Waals surface area contributed by atoms with E-state index in [4.69, 9.17) is 10.5 Å². The van der Waals surface area contributed by atoms with Gasteiger partial charge in [-0.2, -0.15) is 11.8 Å². The Balaban J connectivity index is 1.79. The van der Waals surface area contributed by atoms with Crippen molar-refractivity contribution in [3.05, 3.63) is 31.8 Å². The van der Waals surface area contributed by atoms with Crippen LogP contribution < -0.4 is 5.73 Å². The summed E-state index contributed by atoms with van der Waals surface area (Å²) in [5.74, 6) is 2.90. The van der Waals surface area contributed by atoms with Crippen molar-refractivity contribution in [3.63, 3.8) is 0 Å². The molecule has 1 spiro atoms. The molecule has 0 amide bonds. The first-order valence-corrected chi connectivity index (χ1v) is 10.0. The Kier molecular flexibility index (Phi) is 5.02. The van der Waals surface area contributed by atoms with Gasteiger partial charge in [0.1, 0.15) is 0 Å². The van der Waals surface area contributed by atoms with Gasteiger partial charge in [0.2, 0.25) is 0 Å². The zero-order valence-corrected chi connectivity index (χ0v) is 15.8. The van der Waals surface area contributed by atoms with Gasteiger partial charge in [-0.25, -0.2) is 0 Å². The van der Waals surface area contributed by atoms with Crippen LogP contribution >= 0.6 is 50.3 Å². The number of ether oxygens (including phenoxy) is 1. The second-order valence-corrected chi connectivity index (χ2v) is 8.98. The predicted molar refractivity (Wildman–Crippen MR) is 97.1 cm³/mol. The first kappa shape index (κ1) is 15.6. The van der Waals surface area contributed by atoms with Crippen molar-refractivity contribution in [2.24, 2.45) is 11.7 Å². The van der Waals surface area contributed by atoms with Gasteiger partial charge in [0.15, 0.2) is 0 Å². The van der Waals surface area contributed by atoms with Crippen LogP contribution in [0, 0.1) is 9.49 Å². The van der Waals surface area contributed by atoms with Gasteiger partial charge in [-0.15, -0.1) is 0 Å². The van der Waals surface area contributed by atoms with E-state index in [9.17, 15) is 0 Å². The molecule has 0 radical (unpaired) electrons. The minimum atomic E-state index is 0.102. The van der Waals surface area contributed by atoms with Crippen LogP contribution in [0.2, 0.25) is 0 Å². The maximum atomic E-state index is 6.59. The predicted octanol–water partition coefficient (Wildman–Crippen LogP) is 4.36. The SMILES string of the molecule is NC(c1cc(I)ccc1Br)C1CCOC2(CCSC2)C1. The zero-order valence-electron chi connectivity index (χ0n) is 11.3.